The second-order valence-corrected chi connectivity index (χ2v) is 42.9. The Morgan fingerprint density at radius 1 is 0.241 bits per heavy atom. The lowest BCUT2D eigenvalue weighted by molar-refractivity contribution is 0.398. The third kappa shape index (κ3) is 15.8. The van der Waals surface area contributed by atoms with Crippen molar-refractivity contribution in [3.8, 4) is 117 Å². The van der Waals surface area contributed by atoms with Crippen molar-refractivity contribution in [1.29, 1.82) is 0 Å². The number of unbranched alkanes of at least 4 members (excludes halogenated alkanes) is 20. The Morgan fingerprint density at radius 2 is 0.549 bits per heavy atom. The molecule has 15 aromatic rings. The van der Waals surface area contributed by atoms with Crippen LogP contribution in [0, 0.1) is 48.5 Å². The van der Waals surface area contributed by atoms with E-state index in [9.17, 15) is 0 Å². The summed E-state index contributed by atoms with van der Waals surface area (Å²) in [6.45, 7) is 35.7. The van der Waals surface area contributed by atoms with Crippen LogP contribution in [0.5, 0.6) is 0 Å². The molecule has 0 bridgehead atoms. The molecule has 133 heavy (non-hydrogen) atoms. The fourth-order valence-corrected chi connectivity index (χ4v) is 26.8. The van der Waals surface area contributed by atoms with Gasteiger partial charge in [-0.1, -0.05) is 420 Å². The average Bonchev–Trinajstić information content (AvgIpc) is 1.60. The van der Waals surface area contributed by atoms with Gasteiger partial charge in [-0.25, -0.2) is 0 Å². The fraction of sp³-hybridized carbons (Fsp3) is 0.359. The predicted octanol–water partition coefficient (Wildman–Crippen LogP) is 35.9. The number of para-hydroxylation sites is 1. The van der Waals surface area contributed by atoms with Gasteiger partial charge < -0.3 is 4.57 Å². The maximum absolute atomic E-state index is 2.66. The molecule has 0 saturated heterocycles. The van der Waals surface area contributed by atoms with Gasteiger partial charge in [0.25, 0.3) is 0 Å². The van der Waals surface area contributed by atoms with E-state index in [0.717, 1.165) is 0 Å². The number of rotatable bonds is 35. The molecule has 4 aliphatic carbocycles. The van der Waals surface area contributed by atoms with E-state index in [0.29, 0.717) is 0 Å². The first-order chi connectivity index (χ1) is 64.7. The lowest BCUT2D eigenvalue weighted by Crippen LogP contribution is -2.57. The highest BCUT2D eigenvalue weighted by molar-refractivity contribution is 6.98. The summed E-state index contributed by atoms with van der Waals surface area (Å²) < 4.78 is 2.62. The quantitative estimate of drug-likeness (QED) is 0.0276. The van der Waals surface area contributed by atoms with E-state index < -0.39 is 0 Å². The average molecular weight is 1740 g/mol. The number of fused-ring (bicyclic) bond motifs is 17. The largest absolute Gasteiger partial charge is 0.310 e. The second kappa shape index (κ2) is 37.0. The molecule has 2 heterocycles. The van der Waals surface area contributed by atoms with Crippen molar-refractivity contribution in [2.45, 2.75) is 305 Å². The molecule has 674 valence electrons. The molecule has 1 aromatic heterocycles. The zero-order valence-electron chi connectivity index (χ0n) is 83.0. The zero-order valence-corrected chi connectivity index (χ0v) is 83.0. The Bertz CT molecular complexity index is 6890. The van der Waals surface area contributed by atoms with Crippen LogP contribution in [0.1, 0.15) is 319 Å². The molecule has 14 aromatic carbocycles. The predicted molar refractivity (Wildman–Crippen MR) is 577 cm³/mol. The van der Waals surface area contributed by atoms with Gasteiger partial charge in [-0.15, -0.1) is 0 Å². The van der Waals surface area contributed by atoms with Crippen molar-refractivity contribution in [3.05, 3.63) is 332 Å². The Hall–Kier alpha value is -11.1. The molecular formula is C131H142BN. The van der Waals surface area contributed by atoms with Gasteiger partial charge in [0.1, 0.15) is 0 Å². The van der Waals surface area contributed by atoms with E-state index >= 15 is 0 Å². The minimum atomic E-state index is -0.208. The Kier molecular flexibility index (Phi) is 25.0. The van der Waals surface area contributed by atoms with Crippen LogP contribution in [0.3, 0.4) is 0 Å². The Morgan fingerprint density at radius 3 is 0.962 bits per heavy atom. The lowest BCUT2D eigenvalue weighted by atomic mass is 9.34. The normalized spacial score (nSPS) is 14.4. The molecule has 0 fully saturated rings. The minimum Gasteiger partial charge on any atom is -0.310 e. The molecular weight excluding hydrogens is 1600 g/mol. The number of hydrogen-bond acceptors (Lipinski definition) is 0. The first-order valence-electron chi connectivity index (χ1n) is 52.3. The van der Waals surface area contributed by atoms with E-state index in [-0.39, 0.29) is 28.4 Å². The molecule has 1 nitrogen and oxygen atoms in total. The number of aryl methyl sites for hydroxylation is 7. The van der Waals surface area contributed by atoms with Crippen LogP contribution in [0.4, 0.5) is 0 Å². The van der Waals surface area contributed by atoms with Gasteiger partial charge in [-0.05, 0) is 324 Å². The molecule has 0 amide bonds. The van der Waals surface area contributed by atoms with Gasteiger partial charge in [-0.3, -0.25) is 0 Å². The summed E-state index contributed by atoms with van der Waals surface area (Å²) in [5.41, 5.74) is 55.7. The molecule has 20 rings (SSSR count). The van der Waals surface area contributed by atoms with Crippen molar-refractivity contribution >= 4 is 44.9 Å². The number of nitrogens with zero attached hydrogens (tertiary/aromatic N) is 1. The third-order valence-electron chi connectivity index (χ3n) is 33.4. The summed E-state index contributed by atoms with van der Waals surface area (Å²) in [6, 6.07) is 101. The van der Waals surface area contributed by atoms with Crippen LogP contribution in [-0.2, 0) is 21.7 Å². The Balaban J connectivity index is 0.617. The molecule has 0 spiro atoms. The van der Waals surface area contributed by atoms with Crippen molar-refractivity contribution in [2.75, 3.05) is 0 Å². The highest BCUT2D eigenvalue weighted by Gasteiger charge is 2.46. The molecule has 0 unspecified atom stereocenters. The summed E-state index contributed by atoms with van der Waals surface area (Å²) in [7, 11) is 0. The number of benzene rings is 14. The van der Waals surface area contributed by atoms with Gasteiger partial charge in [0.15, 0.2) is 0 Å². The summed E-state index contributed by atoms with van der Waals surface area (Å²) in [5, 5.41) is 2.58. The smallest absolute Gasteiger partial charge is 0.247 e. The van der Waals surface area contributed by atoms with Crippen LogP contribution in [-0.4, -0.2) is 11.3 Å². The van der Waals surface area contributed by atoms with E-state index in [1.54, 1.807) is 22.3 Å². The number of aromatic nitrogens is 1. The van der Waals surface area contributed by atoms with Crippen molar-refractivity contribution in [1.82, 2.24) is 4.57 Å². The summed E-state index contributed by atoms with van der Waals surface area (Å²) in [6.07, 6.45) is 36.7. The van der Waals surface area contributed by atoms with Crippen molar-refractivity contribution < 1.29 is 0 Å². The van der Waals surface area contributed by atoms with E-state index in [4.69, 9.17) is 0 Å². The molecule has 2 heteroatoms. The monoisotopic (exact) mass is 1740 g/mol. The van der Waals surface area contributed by atoms with Gasteiger partial charge in [-0.2, -0.15) is 0 Å². The fourth-order valence-electron chi connectivity index (χ4n) is 26.8. The molecule has 5 aliphatic rings. The second-order valence-electron chi connectivity index (χ2n) is 42.9. The minimum absolute atomic E-state index is 0.0286. The highest BCUT2D eigenvalue weighted by Crippen LogP contribution is 2.60. The highest BCUT2D eigenvalue weighted by atomic mass is 15.0. The van der Waals surface area contributed by atoms with Crippen LogP contribution in [0.25, 0.3) is 139 Å². The van der Waals surface area contributed by atoms with Crippen LogP contribution in [0.2, 0.25) is 0 Å². The standard InChI is InChI=1S/C131H142BN/c1-16-20-24-28-32-42-66-130(67-43-33-29-25-21-17-2)112-48-38-36-46-102(112)108-61-54-95(80-118(108)130)93-52-59-104-106-63-56-97(82-116(106)128(12,13)114(104)78-93)124-86(6)72-99(73-87(124)7)92-58-65-122-110(76-92)111-77-101(84-121-127(111)133(122)123-51-41-40-50-120(123)132(121)126-90(10)70-85(5)71-91(126)11)100-74-88(8)125(89(9)75-100)98-57-64-107-105-60-53-94(79-115(105)129(14,15)117(107)83-98)96-55-62-109-103-47-37-39-49-113(103)131(119(109)81-96,68-44-34-30-26-22-18-3)69-45-35-31-27-23-19-4/h36-41,46-65,70-84H,16-35,42-45,66-69H2,1-15H3. The molecule has 0 atom stereocenters. The first-order valence-corrected chi connectivity index (χ1v) is 52.3. The van der Waals surface area contributed by atoms with Crippen LogP contribution < -0.4 is 16.4 Å². The van der Waals surface area contributed by atoms with E-state index in [1.807, 2.05) is 0 Å². The summed E-state index contributed by atoms with van der Waals surface area (Å²) in [5.74, 6) is 0. The number of hydrogen-bond donors (Lipinski definition) is 0. The van der Waals surface area contributed by atoms with Crippen LogP contribution >= 0.6 is 0 Å². The molecule has 0 radical (unpaired) electrons. The third-order valence-corrected chi connectivity index (χ3v) is 33.4. The molecule has 1 aliphatic heterocycles. The van der Waals surface area contributed by atoms with Crippen LogP contribution in [0.15, 0.2) is 249 Å². The molecule has 0 saturated carbocycles. The molecule has 0 N–H and O–H groups in total. The first kappa shape index (κ1) is 89.8. The maximum atomic E-state index is 2.66. The van der Waals surface area contributed by atoms with Crippen molar-refractivity contribution in [2.24, 2.45) is 0 Å². The van der Waals surface area contributed by atoms with Gasteiger partial charge in [0.2, 0.25) is 6.71 Å². The van der Waals surface area contributed by atoms with Crippen molar-refractivity contribution in [3.63, 3.8) is 0 Å². The van der Waals surface area contributed by atoms with Gasteiger partial charge in [0, 0.05) is 43.6 Å². The lowest BCUT2D eigenvalue weighted by Gasteiger charge is -2.33. The van der Waals surface area contributed by atoms with E-state index in [1.165, 1.54) is 396 Å². The topological polar surface area (TPSA) is 4.93 Å². The zero-order chi connectivity index (χ0) is 91.8. The summed E-state index contributed by atoms with van der Waals surface area (Å²) in [4.78, 5) is 0. The SMILES string of the molecule is CCCCCCCCC1(CCCCCCCC)c2ccccc2-c2ccc(-c3ccc4c(c3)C(C)(C)c3cc(-c5c(C)cc(-c6ccc7c(c6)c6cc(-c8cc(C)c(-c9ccc%10c(c9)C(C)(C)c9cc(-c%11ccc%12c(c%11)C(CCCCCCCC)(CCCCCCCC)c%11ccccc%11-%12)ccc9-%10)c(C)c8)cc8c6n7-c6ccccc6B8c6c(C)cc(C)cc6C)cc5C)ccc3-4)cc21. The van der Waals surface area contributed by atoms with Gasteiger partial charge in [0.05, 0.1) is 5.52 Å². The maximum Gasteiger partial charge on any atom is 0.247 e. The van der Waals surface area contributed by atoms with E-state index in [2.05, 4.69) is 357 Å². The Labute approximate surface area is 798 Å². The van der Waals surface area contributed by atoms with Gasteiger partial charge >= 0.3 is 0 Å². The summed E-state index contributed by atoms with van der Waals surface area (Å²) >= 11 is 0.